The maximum absolute atomic E-state index is 5.08. The largest absolute Gasteiger partial charge is 0.369 e. The van der Waals surface area contributed by atoms with E-state index in [4.69, 9.17) is 4.52 Å². The number of hydrogen-bond acceptors (Lipinski definition) is 8. The van der Waals surface area contributed by atoms with Crippen LogP contribution in [0.4, 0.5) is 28.8 Å². The van der Waals surface area contributed by atoms with E-state index in [-0.39, 0.29) is 0 Å². The molecule has 0 amide bonds. The molecule has 3 aromatic rings. The Morgan fingerprint density at radius 1 is 0.857 bits per heavy atom. The summed E-state index contributed by atoms with van der Waals surface area (Å²) in [7, 11) is 2.17. The van der Waals surface area contributed by atoms with Gasteiger partial charge in [0.2, 0.25) is 0 Å². The average Bonchev–Trinajstić information content (AvgIpc) is 3.07. The number of aromatic nitrogens is 3. The zero-order valence-electron chi connectivity index (χ0n) is 16.4. The standard InChI is InChI=1S/C20H25N7O/c1-14-12-20(25-28-14)24-19-13-18(21-15(2)22-19)23-16-4-6-17(7-5-16)27-10-8-26(3)9-11-27/h4-7,12-13H,8-11H2,1-3H3,(H2,21,22,23,24,25). The molecule has 3 heterocycles. The molecule has 8 heteroatoms. The third-order valence-corrected chi connectivity index (χ3v) is 4.73. The third kappa shape index (κ3) is 4.40. The molecule has 0 radical (unpaired) electrons. The lowest BCUT2D eigenvalue weighted by atomic mass is 10.2. The summed E-state index contributed by atoms with van der Waals surface area (Å²) in [5.74, 6) is 3.42. The van der Waals surface area contributed by atoms with E-state index in [1.165, 1.54) is 5.69 Å². The van der Waals surface area contributed by atoms with Crippen LogP contribution in [0.15, 0.2) is 40.9 Å². The van der Waals surface area contributed by atoms with Gasteiger partial charge in [-0.05, 0) is 45.2 Å². The molecule has 1 aliphatic heterocycles. The van der Waals surface area contributed by atoms with Gasteiger partial charge in [-0.2, -0.15) is 0 Å². The Morgan fingerprint density at radius 2 is 1.54 bits per heavy atom. The molecule has 0 atom stereocenters. The van der Waals surface area contributed by atoms with Crippen molar-refractivity contribution in [2.24, 2.45) is 0 Å². The molecule has 0 aliphatic carbocycles. The van der Waals surface area contributed by atoms with Crippen molar-refractivity contribution in [1.29, 1.82) is 0 Å². The van der Waals surface area contributed by atoms with Gasteiger partial charge >= 0.3 is 0 Å². The number of hydrogen-bond donors (Lipinski definition) is 2. The van der Waals surface area contributed by atoms with Gasteiger partial charge < -0.3 is 25.0 Å². The van der Waals surface area contributed by atoms with E-state index in [1.54, 1.807) is 0 Å². The number of benzene rings is 1. The summed E-state index contributed by atoms with van der Waals surface area (Å²) in [5, 5.41) is 10.4. The molecular weight excluding hydrogens is 354 g/mol. The van der Waals surface area contributed by atoms with Crippen LogP contribution in [0.1, 0.15) is 11.6 Å². The number of likely N-dealkylation sites (N-methyl/N-ethyl adjacent to an activating group) is 1. The summed E-state index contributed by atoms with van der Waals surface area (Å²) in [6.45, 7) is 8.03. The molecule has 1 saturated heterocycles. The van der Waals surface area contributed by atoms with Crippen LogP contribution in [-0.2, 0) is 0 Å². The highest BCUT2D eigenvalue weighted by molar-refractivity contribution is 5.64. The van der Waals surface area contributed by atoms with Crippen LogP contribution >= 0.6 is 0 Å². The van der Waals surface area contributed by atoms with Crippen LogP contribution in [-0.4, -0.2) is 53.3 Å². The number of anilines is 5. The van der Waals surface area contributed by atoms with E-state index >= 15 is 0 Å². The smallest absolute Gasteiger partial charge is 0.175 e. The van der Waals surface area contributed by atoms with Crippen molar-refractivity contribution in [1.82, 2.24) is 20.0 Å². The normalized spacial score (nSPS) is 14.9. The van der Waals surface area contributed by atoms with E-state index < -0.39 is 0 Å². The summed E-state index contributed by atoms with van der Waals surface area (Å²) in [6.07, 6.45) is 0. The number of piperazine rings is 1. The highest BCUT2D eigenvalue weighted by Gasteiger charge is 2.14. The first kappa shape index (κ1) is 18.2. The summed E-state index contributed by atoms with van der Waals surface area (Å²) in [4.78, 5) is 13.7. The van der Waals surface area contributed by atoms with E-state index in [0.717, 1.165) is 43.4 Å². The zero-order valence-corrected chi connectivity index (χ0v) is 16.4. The van der Waals surface area contributed by atoms with Crippen LogP contribution in [0.5, 0.6) is 0 Å². The van der Waals surface area contributed by atoms with Gasteiger partial charge in [0.05, 0.1) is 0 Å². The van der Waals surface area contributed by atoms with E-state index in [1.807, 2.05) is 26.0 Å². The predicted octanol–water partition coefficient (Wildman–Crippen LogP) is 3.32. The summed E-state index contributed by atoms with van der Waals surface area (Å²) >= 11 is 0. The molecule has 0 spiro atoms. The van der Waals surface area contributed by atoms with Crippen molar-refractivity contribution in [3.05, 3.63) is 48.0 Å². The van der Waals surface area contributed by atoms with Gasteiger partial charge in [-0.15, -0.1) is 0 Å². The summed E-state index contributed by atoms with van der Waals surface area (Å²) < 4.78 is 5.08. The second kappa shape index (κ2) is 7.85. The SMILES string of the molecule is Cc1nc(Nc2ccc(N3CCN(C)CC3)cc2)cc(Nc2cc(C)on2)n1. The minimum Gasteiger partial charge on any atom is -0.369 e. The number of aryl methyl sites for hydroxylation is 2. The number of nitrogens with one attached hydrogen (secondary N) is 2. The second-order valence-electron chi connectivity index (χ2n) is 7.10. The molecule has 8 nitrogen and oxygen atoms in total. The fourth-order valence-corrected chi connectivity index (χ4v) is 3.22. The number of nitrogens with zero attached hydrogens (tertiary/aromatic N) is 5. The first-order chi connectivity index (χ1) is 13.5. The van der Waals surface area contributed by atoms with Crippen LogP contribution in [0, 0.1) is 13.8 Å². The van der Waals surface area contributed by atoms with Gasteiger partial charge in [-0.1, -0.05) is 5.16 Å². The molecule has 4 rings (SSSR count). The van der Waals surface area contributed by atoms with E-state index in [2.05, 4.69) is 66.9 Å². The lowest BCUT2D eigenvalue weighted by molar-refractivity contribution is 0.313. The van der Waals surface area contributed by atoms with Crippen LogP contribution < -0.4 is 15.5 Å². The van der Waals surface area contributed by atoms with Gasteiger partial charge in [-0.25, -0.2) is 9.97 Å². The van der Waals surface area contributed by atoms with Gasteiger partial charge in [0.1, 0.15) is 23.2 Å². The summed E-state index contributed by atoms with van der Waals surface area (Å²) in [5.41, 5.74) is 2.24. The van der Waals surface area contributed by atoms with Crippen molar-refractivity contribution in [3.63, 3.8) is 0 Å². The molecule has 1 fully saturated rings. The minimum atomic E-state index is 0.623. The molecule has 28 heavy (non-hydrogen) atoms. The number of rotatable bonds is 5. The molecule has 146 valence electrons. The van der Waals surface area contributed by atoms with Crippen molar-refractivity contribution < 1.29 is 4.52 Å². The van der Waals surface area contributed by atoms with Crippen molar-refractivity contribution >= 4 is 28.8 Å². The van der Waals surface area contributed by atoms with Crippen LogP contribution in [0.25, 0.3) is 0 Å². The molecule has 0 unspecified atom stereocenters. The second-order valence-corrected chi connectivity index (χ2v) is 7.10. The first-order valence-corrected chi connectivity index (χ1v) is 9.42. The van der Waals surface area contributed by atoms with Crippen molar-refractivity contribution in [3.8, 4) is 0 Å². The molecule has 0 bridgehead atoms. The monoisotopic (exact) mass is 379 g/mol. The predicted molar refractivity (Wildman–Crippen MR) is 111 cm³/mol. The van der Waals surface area contributed by atoms with Gasteiger partial charge in [-0.3, -0.25) is 0 Å². The highest BCUT2D eigenvalue weighted by atomic mass is 16.5. The lowest BCUT2D eigenvalue weighted by Crippen LogP contribution is -2.44. The maximum Gasteiger partial charge on any atom is 0.175 e. The van der Waals surface area contributed by atoms with Gasteiger partial charge in [0.15, 0.2) is 5.82 Å². The maximum atomic E-state index is 5.08. The Bertz CT molecular complexity index is 930. The van der Waals surface area contributed by atoms with Crippen molar-refractivity contribution in [2.75, 3.05) is 48.8 Å². The molecular formula is C20H25N7O. The Balaban J connectivity index is 1.45. The lowest BCUT2D eigenvalue weighted by Gasteiger charge is -2.34. The van der Waals surface area contributed by atoms with Crippen LogP contribution in [0.2, 0.25) is 0 Å². The topological polar surface area (TPSA) is 82.4 Å². The van der Waals surface area contributed by atoms with E-state index in [9.17, 15) is 0 Å². The Kier molecular flexibility index (Phi) is 5.12. The third-order valence-electron chi connectivity index (χ3n) is 4.73. The Labute approximate surface area is 164 Å². The Morgan fingerprint density at radius 3 is 2.18 bits per heavy atom. The molecule has 2 N–H and O–H groups in total. The van der Waals surface area contributed by atoms with Crippen LogP contribution in [0.3, 0.4) is 0 Å². The van der Waals surface area contributed by atoms with E-state index in [0.29, 0.717) is 17.5 Å². The fourth-order valence-electron chi connectivity index (χ4n) is 3.22. The highest BCUT2D eigenvalue weighted by Crippen LogP contribution is 2.23. The van der Waals surface area contributed by atoms with Gasteiger partial charge in [0.25, 0.3) is 0 Å². The van der Waals surface area contributed by atoms with Gasteiger partial charge in [0, 0.05) is 49.7 Å². The summed E-state index contributed by atoms with van der Waals surface area (Å²) in [6, 6.07) is 12.1. The molecule has 0 saturated carbocycles. The zero-order chi connectivity index (χ0) is 19.5. The van der Waals surface area contributed by atoms with Crippen molar-refractivity contribution in [2.45, 2.75) is 13.8 Å². The molecule has 1 aromatic carbocycles. The quantitative estimate of drug-likeness (QED) is 0.699. The fraction of sp³-hybridized carbons (Fsp3) is 0.350. The average molecular weight is 379 g/mol. The molecule has 2 aromatic heterocycles. The first-order valence-electron chi connectivity index (χ1n) is 9.42. The Hall–Kier alpha value is -3.13. The molecule has 1 aliphatic rings. The minimum absolute atomic E-state index is 0.623.